The second-order valence-electron chi connectivity index (χ2n) is 5.52. The fourth-order valence-corrected chi connectivity index (χ4v) is 2.51. The third-order valence-electron chi connectivity index (χ3n) is 4.02. The molecule has 0 spiro atoms. The Kier molecular flexibility index (Phi) is 5.91. The summed E-state index contributed by atoms with van der Waals surface area (Å²) in [6, 6.07) is 9.24. The molecule has 2 amide bonds. The second kappa shape index (κ2) is 7.91. The Morgan fingerprint density at radius 2 is 1.86 bits per heavy atom. The van der Waals surface area contributed by atoms with E-state index in [0.29, 0.717) is 39.1 Å². The lowest BCUT2D eigenvalue weighted by Gasteiger charge is -2.34. The Morgan fingerprint density at radius 3 is 2.50 bits per heavy atom. The van der Waals surface area contributed by atoms with Crippen molar-refractivity contribution >= 4 is 17.5 Å². The molecular formula is C16H23N3O3. The van der Waals surface area contributed by atoms with E-state index >= 15 is 0 Å². The quantitative estimate of drug-likeness (QED) is 0.727. The van der Waals surface area contributed by atoms with Gasteiger partial charge in [-0.25, -0.2) is 0 Å². The van der Waals surface area contributed by atoms with Crippen LogP contribution < -0.4 is 16.4 Å². The number of para-hydroxylation sites is 1. The third kappa shape index (κ3) is 4.29. The highest BCUT2D eigenvalue weighted by atomic mass is 16.5. The van der Waals surface area contributed by atoms with Crippen LogP contribution in [0.4, 0.5) is 5.69 Å². The van der Waals surface area contributed by atoms with Crippen molar-refractivity contribution in [2.24, 2.45) is 11.1 Å². The molecule has 0 atom stereocenters. The van der Waals surface area contributed by atoms with Crippen molar-refractivity contribution in [3.63, 3.8) is 0 Å². The summed E-state index contributed by atoms with van der Waals surface area (Å²) >= 11 is 0. The topological polar surface area (TPSA) is 93.5 Å². The van der Waals surface area contributed by atoms with Crippen LogP contribution in [0.15, 0.2) is 30.3 Å². The number of nitrogens with two attached hydrogens (primary N) is 1. The molecule has 1 aromatic rings. The van der Waals surface area contributed by atoms with Crippen molar-refractivity contribution in [2.75, 3.05) is 31.6 Å². The summed E-state index contributed by atoms with van der Waals surface area (Å²) in [4.78, 5) is 24.1. The zero-order chi connectivity index (χ0) is 15.8. The first-order chi connectivity index (χ1) is 10.7. The number of rotatable bonds is 6. The summed E-state index contributed by atoms with van der Waals surface area (Å²) in [5.41, 5.74) is 5.98. The van der Waals surface area contributed by atoms with Gasteiger partial charge in [0.2, 0.25) is 11.8 Å². The number of ether oxygens (including phenoxy) is 1. The Balaban J connectivity index is 1.75. The predicted molar refractivity (Wildman–Crippen MR) is 84.2 cm³/mol. The molecule has 1 aliphatic rings. The van der Waals surface area contributed by atoms with Crippen LogP contribution in [-0.2, 0) is 14.3 Å². The molecule has 4 N–H and O–H groups in total. The van der Waals surface area contributed by atoms with Crippen LogP contribution in [0.1, 0.15) is 19.3 Å². The fourth-order valence-electron chi connectivity index (χ4n) is 2.51. The standard InChI is InChI=1S/C16H23N3O3/c17-12-16(7-10-22-11-8-16)15(21)18-9-6-14(20)19-13-4-2-1-3-5-13/h1-5H,6-12,17H2,(H,18,21)(H,19,20). The first-order valence-electron chi connectivity index (χ1n) is 7.57. The highest BCUT2D eigenvalue weighted by Gasteiger charge is 2.38. The smallest absolute Gasteiger partial charge is 0.227 e. The average molecular weight is 305 g/mol. The van der Waals surface area contributed by atoms with E-state index in [2.05, 4.69) is 10.6 Å². The lowest BCUT2D eigenvalue weighted by Crippen LogP contribution is -2.49. The van der Waals surface area contributed by atoms with E-state index in [4.69, 9.17) is 10.5 Å². The van der Waals surface area contributed by atoms with Crippen LogP contribution in [0, 0.1) is 5.41 Å². The largest absolute Gasteiger partial charge is 0.381 e. The molecule has 1 aliphatic heterocycles. The minimum atomic E-state index is -0.547. The maximum Gasteiger partial charge on any atom is 0.227 e. The molecule has 22 heavy (non-hydrogen) atoms. The van der Waals surface area contributed by atoms with E-state index < -0.39 is 5.41 Å². The third-order valence-corrected chi connectivity index (χ3v) is 4.02. The van der Waals surface area contributed by atoms with Gasteiger partial charge < -0.3 is 21.1 Å². The van der Waals surface area contributed by atoms with Crippen LogP contribution in [0.2, 0.25) is 0 Å². The van der Waals surface area contributed by atoms with Gasteiger partial charge in [0.15, 0.2) is 0 Å². The molecule has 0 saturated carbocycles. The first-order valence-corrected chi connectivity index (χ1v) is 7.57. The molecule has 1 saturated heterocycles. The van der Waals surface area contributed by atoms with Crippen LogP contribution in [-0.4, -0.2) is 38.1 Å². The zero-order valence-corrected chi connectivity index (χ0v) is 12.6. The fraction of sp³-hybridized carbons (Fsp3) is 0.500. The monoisotopic (exact) mass is 305 g/mol. The van der Waals surface area contributed by atoms with Gasteiger partial charge in [-0.3, -0.25) is 9.59 Å². The van der Waals surface area contributed by atoms with E-state index in [0.717, 1.165) is 5.69 Å². The second-order valence-corrected chi connectivity index (χ2v) is 5.52. The van der Waals surface area contributed by atoms with Gasteiger partial charge in [0.25, 0.3) is 0 Å². The summed E-state index contributed by atoms with van der Waals surface area (Å²) in [5.74, 6) is -0.203. The molecule has 0 unspecified atom stereocenters. The molecule has 6 nitrogen and oxygen atoms in total. The number of anilines is 1. The van der Waals surface area contributed by atoms with Crippen molar-refractivity contribution in [1.29, 1.82) is 0 Å². The van der Waals surface area contributed by atoms with E-state index in [1.165, 1.54) is 0 Å². The predicted octanol–water partition coefficient (Wildman–Crippen LogP) is 0.887. The number of carbonyl (C=O) groups is 2. The number of hydrogen-bond acceptors (Lipinski definition) is 4. The molecule has 120 valence electrons. The normalized spacial score (nSPS) is 16.8. The van der Waals surface area contributed by atoms with E-state index in [9.17, 15) is 9.59 Å². The van der Waals surface area contributed by atoms with Gasteiger partial charge in [-0.2, -0.15) is 0 Å². The number of amides is 2. The van der Waals surface area contributed by atoms with E-state index in [-0.39, 0.29) is 18.2 Å². The van der Waals surface area contributed by atoms with Crippen molar-refractivity contribution in [2.45, 2.75) is 19.3 Å². The maximum atomic E-state index is 12.3. The average Bonchev–Trinajstić information content (AvgIpc) is 2.56. The molecule has 0 aromatic heterocycles. The lowest BCUT2D eigenvalue weighted by molar-refractivity contribution is -0.135. The molecule has 0 radical (unpaired) electrons. The molecule has 1 heterocycles. The van der Waals surface area contributed by atoms with Gasteiger partial charge in [-0.15, -0.1) is 0 Å². The molecular weight excluding hydrogens is 282 g/mol. The molecule has 0 bridgehead atoms. The molecule has 6 heteroatoms. The highest BCUT2D eigenvalue weighted by molar-refractivity contribution is 5.91. The minimum Gasteiger partial charge on any atom is -0.381 e. The van der Waals surface area contributed by atoms with Gasteiger partial charge in [0, 0.05) is 38.4 Å². The zero-order valence-electron chi connectivity index (χ0n) is 12.6. The number of benzene rings is 1. The summed E-state index contributed by atoms with van der Waals surface area (Å²) in [5, 5.41) is 5.61. The summed E-state index contributed by atoms with van der Waals surface area (Å²) in [6.45, 7) is 1.72. The van der Waals surface area contributed by atoms with Gasteiger partial charge in [0.05, 0.1) is 5.41 Å². The van der Waals surface area contributed by atoms with Crippen LogP contribution in [0.3, 0.4) is 0 Å². The SMILES string of the molecule is NCC1(C(=O)NCCC(=O)Nc2ccccc2)CCOCC1. The first kappa shape index (κ1) is 16.5. The van der Waals surface area contributed by atoms with Crippen molar-refractivity contribution in [1.82, 2.24) is 5.32 Å². The van der Waals surface area contributed by atoms with E-state index in [1.807, 2.05) is 30.3 Å². The van der Waals surface area contributed by atoms with Crippen LogP contribution in [0.25, 0.3) is 0 Å². The number of hydrogen-bond donors (Lipinski definition) is 3. The van der Waals surface area contributed by atoms with Gasteiger partial charge in [0.1, 0.15) is 0 Å². The Labute approximate surface area is 130 Å². The number of nitrogens with one attached hydrogen (secondary N) is 2. The Hall–Kier alpha value is -1.92. The summed E-state index contributed by atoms with van der Waals surface area (Å²) in [6.07, 6.45) is 1.49. The van der Waals surface area contributed by atoms with Crippen LogP contribution >= 0.6 is 0 Å². The maximum absolute atomic E-state index is 12.3. The molecule has 0 aliphatic carbocycles. The minimum absolute atomic E-state index is 0.0780. The van der Waals surface area contributed by atoms with Gasteiger partial charge in [-0.1, -0.05) is 18.2 Å². The Morgan fingerprint density at radius 1 is 1.18 bits per heavy atom. The number of carbonyl (C=O) groups excluding carboxylic acids is 2. The van der Waals surface area contributed by atoms with Crippen molar-refractivity contribution < 1.29 is 14.3 Å². The lowest BCUT2D eigenvalue weighted by atomic mass is 9.79. The van der Waals surface area contributed by atoms with E-state index in [1.54, 1.807) is 0 Å². The van der Waals surface area contributed by atoms with Crippen LogP contribution in [0.5, 0.6) is 0 Å². The van der Waals surface area contributed by atoms with Gasteiger partial charge in [-0.05, 0) is 25.0 Å². The molecule has 1 aromatic carbocycles. The summed E-state index contributed by atoms with van der Waals surface area (Å²) in [7, 11) is 0. The summed E-state index contributed by atoms with van der Waals surface area (Å²) < 4.78 is 5.29. The molecule has 1 fully saturated rings. The molecule has 2 rings (SSSR count). The van der Waals surface area contributed by atoms with Crippen molar-refractivity contribution in [3.8, 4) is 0 Å². The van der Waals surface area contributed by atoms with Gasteiger partial charge >= 0.3 is 0 Å². The Bertz CT molecular complexity index is 499. The van der Waals surface area contributed by atoms with Crippen molar-refractivity contribution in [3.05, 3.63) is 30.3 Å². The highest BCUT2D eigenvalue weighted by Crippen LogP contribution is 2.29.